The van der Waals surface area contributed by atoms with Crippen molar-refractivity contribution in [3.05, 3.63) is 71.4 Å². The van der Waals surface area contributed by atoms with Crippen molar-refractivity contribution in [1.29, 1.82) is 0 Å². The van der Waals surface area contributed by atoms with Crippen LogP contribution in [0.3, 0.4) is 0 Å². The van der Waals surface area contributed by atoms with Gasteiger partial charge in [0.15, 0.2) is 11.6 Å². The molecule has 8 nitrogen and oxygen atoms in total. The fourth-order valence-electron chi connectivity index (χ4n) is 3.04. The Labute approximate surface area is 175 Å². The first-order chi connectivity index (χ1) is 14.1. The molecule has 0 bridgehead atoms. The van der Waals surface area contributed by atoms with Crippen LogP contribution in [-0.2, 0) is 17.1 Å². The lowest BCUT2D eigenvalue weighted by Gasteiger charge is -2.21. The topological polar surface area (TPSA) is 101 Å². The van der Waals surface area contributed by atoms with Crippen LogP contribution in [0.25, 0.3) is 0 Å². The van der Waals surface area contributed by atoms with Gasteiger partial charge in [-0.1, -0.05) is 29.8 Å². The minimum Gasteiger partial charge on any atom is -0.321 e. The van der Waals surface area contributed by atoms with Crippen molar-refractivity contribution in [2.45, 2.75) is 18.7 Å². The molecule has 0 aliphatic heterocycles. The van der Waals surface area contributed by atoms with E-state index < -0.39 is 15.9 Å². The zero-order valence-corrected chi connectivity index (χ0v) is 17.9. The van der Waals surface area contributed by atoms with E-state index in [-0.39, 0.29) is 22.1 Å². The lowest BCUT2D eigenvalue weighted by Crippen LogP contribution is -2.30. The number of carbonyl (C=O) groups excluding carboxylic acids is 2. The molecule has 0 fully saturated rings. The molecule has 3 aromatic rings. The maximum atomic E-state index is 13.1. The summed E-state index contributed by atoms with van der Waals surface area (Å²) >= 11 is 0. The van der Waals surface area contributed by atoms with Crippen LogP contribution >= 0.6 is 0 Å². The maximum absolute atomic E-state index is 13.1. The SMILES string of the molecule is CC(=O)c1ccccc1NC(=O)c1cnn(C)c1N(C)S(=O)(=O)c1ccc(C)cc1. The van der Waals surface area contributed by atoms with E-state index in [9.17, 15) is 18.0 Å². The van der Waals surface area contributed by atoms with E-state index >= 15 is 0 Å². The van der Waals surface area contributed by atoms with Gasteiger partial charge in [-0.3, -0.25) is 18.6 Å². The van der Waals surface area contributed by atoms with Gasteiger partial charge < -0.3 is 5.32 Å². The molecule has 0 unspecified atom stereocenters. The lowest BCUT2D eigenvalue weighted by molar-refractivity contribution is 0.101. The number of rotatable bonds is 6. The molecule has 30 heavy (non-hydrogen) atoms. The van der Waals surface area contributed by atoms with Crippen molar-refractivity contribution < 1.29 is 18.0 Å². The minimum absolute atomic E-state index is 0.0639. The molecule has 0 spiro atoms. The predicted octanol–water partition coefficient (Wildman–Crippen LogP) is 3.01. The Morgan fingerprint density at radius 3 is 2.30 bits per heavy atom. The fourth-order valence-corrected chi connectivity index (χ4v) is 4.28. The molecule has 9 heteroatoms. The number of carbonyl (C=O) groups is 2. The Hall–Kier alpha value is -3.46. The van der Waals surface area contributed by atoms with Crippen LogP contribution in [0.15, 0.2) is 59.6 Å². The summed E-state index contributed by atoms with van der Waals surface area (Å²) in [5.74, 6) is -0.664. The van der Waals surface area contributed by atoms with Gasteiger partial charge in [0.2, 0.25) is 0 Å². The van der Waals surface area contributed by atoms with Gasteiger partial charge in [0.25, 0.3) is 15.9 Å². The van der Waals surface area contributed by atoms with Crippen molar-refractivity contribution in [1.82, 2.24) is 9.78 Å². The van der Waals surface area contributed by atoms with Crippen LogP contribution in [0, 0.1) is 6.92 Å². The molecule has 0 aliphatic carbocycles. The van der Waals surface area contributed by atoms with E-state index in [4.69, 9.17) is 0 Å². The number of aryl methyl sites for hydroxylation is 2. The smallest absolute Gasteiger partial charge is 0.265 e. The summed E-state index contributed by atoms with van der Waals surface area (Å²) in [6.45, 7) is 3.27. The van der Waals surface area contributed by atoms with Crippen molar-refractivity contribution in [3.63, 3.8) is 0 Å². The number of ketones is 1. The lowest BCUT2D eigenvalue weighted by atomic mass is 10.1. The van der Waals surface area contributed by atoms with E-state index in [0.717, 1.165) is 9.87 Å². The Kier molecular flexibility index (Phi) is 5.75. The van der Waals surface area contributed by atoms with Crippen LogP contribution in [-0.4, -0.2) is 36.9 Å². The molecular weight excluding hydrogens is 404 g/mol. The summed E-state index contributed by atoms with van der Waals surface area (Å²) in [4.78, 5) is 24.9. The maximum Gasteiger partial charge on any atom is 0.265 e. The summed E-state index contributed by atoms with van der Waals surface area (Å²) in [5, 5.41) is 6.74. The molecule has 0 radical (unpaired) electrons. The van der Waals surface area contributed by atoms with Gasteiger partial charge in [-0.2, -0.15) is 5.10 Å². The number of para-hydroxylation sites is 1. The van der Waals surface area contributed by atoms with E-state index in [0.29, 0.717) is 11.3 Å². The second-order valence-corrected chi connectivity index (χ2v) is 8.82. The van der Waals surface area contributed by atoms with Gasteiger partial charge in [-0.15, -0.1) is 0 Å². The zero-order valence-electron chi connectivity index (χ0n) is 17.1. The number of anilines is 2. The van der Waals surface area contributed by atoms with Crippen LogP contribution in [0.4, 0.5) is 11.5 Å². The summed E-state index contributed by atoms with van der Waals surface area (Å²) in [6.07, 6.45) is 1.29. The Bertz CT molecular complexity index is 1210. The summed E-state index contributed by atoms with van der Waals surface area (Å²) < 4.78 is 28.5. The number of sulfonamides is 1. The van der Waals surface area contributed by atoms with E-state index in [1.54, 1.807) is 43.4 Å². The molecule has 1 aromatic heterocycles. The van der Waals surface area contributed by atoms with Crippen molar-refractivity contribution in [2.24, 2.45) is 7.05 Å². The minimum atomic E-state index is -3.91. The number of hydrogen-bond donors (Lipinski definition) is 1. The summed E-state index contributed by atoms with van der Waals surface area (Å²) in [6, 6.07) is 13.0. The number of amides is 1. The standard InChI is InChI=1S/C21H22N4O4S/c1-14-9-11-16(12-10-14)30(28,29)25(4)21-18(13-22-24(21)3)20(27)23-19-8-6-5-7-17(19)15(2)26/h5-13H,1-4H3,(H,23,27). The van der Waals surface area contributed by atoms with Gasteiger partial charge in [-0.25, -0.2) is 8.42 Å². The third-order valence-electron chi connectivity index (χ3n) is 4.68. The first-order valence-corrected chi connectivity index (χ1v) is 10.6. The fraction of sp³-hybridized carbons (Fsp3) is 0.190. The second-order valence-electron chi connectivity index (χ2n) is 6.85. The molecule has 0 saturated heterocycles. The number of nitrogens with zero attached hydrogens (tertiary/aromatic N) is 3. The molecule has 156 valence electrons. The molecule has 3 rings (SSSR count). The molecular formula is C21H22N4O4S. The highest BCUT2D eigenvalue weighted by molar-refractivity contribution is 7.92. The van der Waals surface area contributed by atoms with Gasteiger partial charge in [-0.05, 0) is 38.1 Å². The quantitative estimate of drug-likeness (QED) is 0.611. The molecule has 1 amide bonds. The van der Waals surface area contributed by atoms with E-state index in [2.05, 4.69) is 10.4 Å². The average molecular weight is 426 g/mol. The van der Waals surface area contributed by atoms with Gasteiger partial charge in [0.05, 0.1) is 16.8 Å². The van der Waals surface area contributed by atoms with Gasteiger partial charge in [0.1, 0.15) is 5.56 Å². The summed E-state index contributed by atoms with van der Waals surface area (Å²) in [7, 11) is -0.993. The highest BCUT2D eigenvalue weighted by Gasteiger charge is 2.28. The highest BCUT2D eigenvalue weighted by atomic mass is 32.2. The third-order valence-corrected chi connectivity index (χ3v) is 6.45. The largest absolute Gasteiger partial charge is 0.321 e. The van der Waals surface area contributed by atoms with Crippen molar-refractivity contribution in [2.75, 3.05) is 16.7 Å². The molecule has 1 heterocycles. The van der Waals surface area contributed by atoms with Crippen LogP contribution in [0.1, 0.15) is 33.2 Å². The number of hydrogen-bond acceptors (Lipinski definition) is 5. The van der Waals surface area contributed by atoms with Gasteiger partial charge in [0, 0.05) is 19.7 Å². The van der Waals surface area contributed by atoms with E-state index in [1.165, 1.54) is 37.0 Å². The molecule has 0 aliphatic rings. The second kappa shape index (κ2) is 8.11. The summed E-state index contributed by atoms with van der Waals surface area (Å²) in [5.41, 5.74) is 1.70. The normalized spacial score (nSPS) is 11.2. The number of benzene rings is 2. The van der Waals surface area contributed by atoms with Crippen LogP contribution in [0.2, 0.25) is 0 Å². The Morgan fingerprint density at radius 1 is 1.03 bits per heavy atom. The van der Waals surface area contributed by atoms with Crippen molar-refractivity contribution in [3.8, 4) is 0 Å². The number of nitrogens with one attached hydrogen (secondary N) is 1. The monoisotopic (exact) mass is 426 g/mol. The number of aromatic nitrogens is 2. The third kappa shape index (κ3) is 3.97. The Balaban J connectivity index is 1.98. The van der Waals surface area contributed by atoms with Crippen LogP contribution < -0.4 is 9.62 Å². The zero-order chi connectivity index (χ0) is 22.1. The number of Topliss-reactive ketones (excluding diaryl/α,β-unsaturated/α-hetero) is 1. The van der Waals surface area contributed by atoms with Crippen LogP contribution in [0.5, 0.6) is 0 Å². The van der Waals surface area contributed by atoms with E-state index in [1.807, 2.05) is 6.92 Å². The highest BCUT2D eigenvalue weighted by Crippen LogP contribution is 2.27. The average Bonchev–Trinajstić information content (AvgIpc) is 3.09. The molecule has 1 N–H and O–H groups in total. The first kappa shape index (κ1) is 21.3. The molecule has 2 aromatic carbocycles. The molecule has 0 atom stereocenters. The molecule has 0 saturated carbocycles. The first-order valence-electron chi connectivity index (χ1n) is 9.12. The van der Waals surface area contributed by atoms with Gasteiger partial charge >= 0.3 is 0 Å². The van der Waals surface area contributed by atoms with Crippen molar-refractivity contribution >= 4 is 33.2 Å². The predicted molar refractivity (Wildman–Crippen MR) is 114 cm³/mol. The Morgan fingerprint density at radius 2 is 1.67 bits per heavy atom.